The molecular weight excluding hydrogens is 474 g/mol. The van der Waals surface area contributed by atoms with E-state index in [1.807, 2.05) is 30.7 Å². The van der Waals surface area contributed by atoms with Crippen molar-refractivity contribution in [3.05, 3.63) is 71.8 Å². The summed E-state index contributed by atoms with van der Waals surface area (Å²) in [4.78, 5) is 14.1. The van der Waals surface area contributed by atoms with Crippen molar-refractivity contribution in [2.24, 2.45) is 5.92 Å². The fourth-order valence-corrected chi connectivity index (χ4v) is 5.42. The molecule has 0 aromatic carbocycles. The molecule has 8 heteroatoms. The average Bonchev–Trinajstić information content (AvgIpc) is 3.38. The maximum absolute atomic E-state index is 9.66. The summed E-state index contributed by atoms with van der Waals surface area (Å²) in [5, 5.41) is 14.1. The van der Waals surface area contributed by atoms with Gasteiger partial charge in [0.05, 0.1) is 24.4 Å². The summed E-state index contributed by atoms with van der Waals surface area (Å²) in [5.41, 5.74) is 5.24. The molecule has 3 saturated heterocycles. The van der Waals surface area contributed by atoms with Gasteiger partial charge in [-0.05, 0) is 30.2 Å². The number of anilines is 1. The standard InChI is InChI=1S/C30H29N7O/c1-20(2)4-5-21-10-27(30-24(12-31)15-34-37(30)17-21)23-7-8-28(32-14-23)35-18-25-11-26(19-35)36(25)16-22-6-9-29(38-3)33-13-22/h6-10,13-15,17,20,25-26H,11,16,18-19H2,1-3H3. The number of nitriles is 1. The quantitative estimate of drug-likeness (QED) is 0.379. The lowest BCUT2D eigenvalue weighted by Gasteiger charge is -2.56. The molecule has 0 aliphatic carbocycles. The fourth-order valence-electron chi connectivity index (χ4n) is 5.42. The number of pyridine rings is 3. The smallest absolute Gasteiger partial charge is 0.212 e. The maximum Gasteiger partial charge on any atom is 0.212 e. The van der Waals surface area contributed by atoms with Crippen molar-refractivity contribution in [2.45, 2.75) is 38.9 Å². The Labute approximate surface area is 222 Å². The predicted octanol–water partition coefficient (Wildman–Crippen LogP) is 4.14. The fraction of sp³-hybridized carbons (Fsp3) is 0.333. The lowest BCUT2D eigenvalue weighted by atomic mass is 9.87. The van der Waals surface area contributed by atoms with Gasteiger partial charge in [-0.1, -0.05) is 31.8 Å². The lowest BCUT2D eigenvalue weighted by molar-refractivity contribution is -0.00876. The SMILES string of the molecule is COc1ccc(CN2C3CC2CN(c2ccc(-c4cc(C#CC(C)C)cn5ncc(C#N)c45)cn2)C3)cn1. The van der Waals surface area contributed by atoms with Crippen LogP contribution in [-0.4, -0.2) is 56.8 Å². The number of hydrogen-bond acceptors (Lipinski definition) is 7. The summed E-state index contributed by atoms with van der Waals surface area (Å²) in [6, 6.07) is 13.5. The van der Waals surface area contributed by atoms with E-state index in [1.165, 1.54) is 12.0 Å². The van der Waals surface area contributed by atoms with Gasteiger partial charge in [0.1, 0.15) is 11.9 Å². The molecule has 2 bridgehead atoms. The number of rotatable bonds is 5. The molecule has 3 aliphatic heterocycles. The molecule has 3 fully saturated rings. The van der Waals surface area contributed by atoms with Crippen LogP contribution in [0.5, 0.6) is 5.88 Å². The highest BCUT2D eigenvalue weighted by atomic mass is 16.5. The van der Waals surface area contributed by atoms with Crippen LogP contribution >= 0.6 is 0 Å². The zero-order valence-electron chi connectivity index (χ0n) is 21.8. The van der Waals surface area contributed by atoms with E-state index in [2.05, 4.69) is 69.8 Å². The summed E-state index contributed by atoms with van der Waals surface area (Å²) in [6.07, 6.45) is 8.51. The molecule has 4 aromatic rings. The second kappa shape index (κ2) is 9.81. The van der Waals surface area contributed by atoms with E-state index in [0.717, 1.165) is 47.7 Å². The van der Waals surface area contributed by atoms with Crippen LogP contribution in [0, 0.1) is 29.1 Å². The summed E-state index contributed by atoms with van der Waals surface area (Å²) in [6.45, 7) is 6.95. The van der Waals surface area contributed by atoms with E-state index < -0.39 is 0 Å². The molecule has 4 aromatic heterocycles. The maximum atomic E-state index is 9.66. The second-order valence-electron chi connectivity index (χ2n) is 10.3. The Morgan fingerprint density at radius 2 is 1.92 bits per heavy atom. The van der Waals surface area contributed by atoms with E-state index in [1.54, 1.807) is 17.8 Å². The van der Waals surface area contributed by atoms with E-state index >= 15 is 0 Å². The number of methoxy groups -OCH3 is 1. The number of ether oxygens (including phenoxy) is 1. The zero-order valence-corrected chi connectivity index (χ0v) is 21.8. The topological polar surface area (TPSA) is 82.6 Å². The largest absolute Gasteiger partial charge is 0.481 e. The molecule has 3 aliphatic rings. The van der Waals surface area contributed by atoms with Gasteiger partial charge in [0.25, 0.3) is 0 Å². The second-order valence-corrected chi connectivity index (χ2v) is 10.3. The summed E-state index contributed by atoms with van der Waals surface area (Å²) in [5.74, 6) is 8.35. The van der Waals surface area contributed by atoms with Gasteiger partial charge in [-0.15, -0.1) is 0 Å². The molecule has 7 rings (SSSR count). The van der Waals surface area contributed by atoms with Gasteiger partial charge in [0.15, 0.2) is 0 Å². The Bertz CT molecular complexity index is 1560. The minimum absolute atomic E-state index is 0.266. The molecular formula is C30H29N7O. The van der Waals surface area contributed by atoms with Crippen molar-refractivity contribution < 1.29 is 4.74 Å². The van der Waals surface area contributed by atoms with Crippen molar-refractivity contribution in [1.29, 1.82) is 5.26 Å². The molecule has 0 N–H and O–H groups in total. The van der Waals surface area contributed by atoms with Gasteiger partial charge in [0.2, 0.25) is 5.88 Å². The third-order valence-corrected chi connectivity index (χ3v) is 7.34. The number of hydrogen-bond donors (Lipinski definition) is 0. The number of aromatic nitrogens is 4. The number of piperidine rings is 1. The van der Waals surface area contributed by atoms with E-state index in [4.69, 9.17) is 9.72 Å². The van der Waals surface area contributed by atoms with Gasteiger partial charge in [-0.3, -0.25) is 4.90 Å². The van der Waals surface area contributed by atoms with Crippen molar-refractivity contribution in [2.75, 3.05) is 25.1 Å². The number of piperazine rings is 1. The summed E-state index contributed by atoms with van der Waals surface area (Å²) < 4.78 is 6.93. The first-order valence-corrected chi connectivity index (χ1v) is 12.9. The zero-order chi connectivity index (χ0) is 26.2. The Hall–Kier alpha value is -4.40. The van der Waals surface area contributed by atoms with Gasteiger partial charge in [0, 0.05) is 79.0 Å². The van der Waals surface area contributed by atoms with Gasteiger partial charge in [-0.25, -0.2) is 14.5 Å². The molecule has 2 unspecified atom stereocenters. The van der Waals surface area contributed by atoms with Crippen LogP contribution in [0.2, 0.25) is 0 Å². The molecule has 0 radical (unpaired) electrons. The van der Waals surface area contributed by atoms with Crippen LogP contribution in [-0.2, 0) is 6.54 Å². The average molecular weight is 504 g/mol. The molecule has 190 valence electrons. The molecule has 8 nitrogen and oxygen atoms in total. The predicted molar refractivity (Wildman–Crippen MR) is 146 cm³/mol. The number of nitrogens with zero attached hydrogens (tertiary/aromatic N) is 7. The Balaban J connectivity index is 1.21. The van der Waals surface area contributed by atoms with Crippen molar-refractivity contribution in [1.82, 2.24) is 24.5 Å². The first-order chi connectivity index (χ1) is 18.5. The van der Waals surface area contributed by atoms with Crippen molar-refractivity contribution in [3.8, 4) is 34.9 Å². The number of fused-ring (bicyclic) bond motifs is 3. The van der Waals surface area contributed by atoms with Crippen molar-refractivity contribution in [3.63, 3.8) is 0 Å². The van der Waals surface area contributed by atoms with E-state index in [9.17, 15) is 5.26 Å². The van der Waals surface area contributed by atoms with Crippen LogP contribution in [0.1, 0.15) is 37.0 Å². The van der Waals surface area contributed by atoms with Gasteiger partial charge < -0.3 is 9.64 Å². The van der Waals surface area contributed by atoms with Crippen LogP contribution in [0.4, 0.5) is 5.82 Å². The Morgan fingerprint density at radius 3 is 2.58 bits per heavy atom. The Kier molecular flexibility index (Phi) is 6.19. The Morgan fingerprint density at radius 1 is 1.08 bits per heavy atom. The molecule has 2 atom stereocenters. The molecule has 7 heterocycles. The van der Waals surface area contributed by atoms with E-state index in [-0.39, 0.29) is 5.92 Å². The first-order valence-electron chi connectivity index (χ1n) is 12.9. The van der Waals surface area contributed by atoms with Crippen molar-refractivity contribution >= 4 is 11.3 Å². The van der Waals surface area contributed by atoms with Crippen LogP contribution in [0.3, 0.4) is 0 Å². The molecule has 38 heavy (non-hydrogen) atoms. The van der Waals surface area contributed by atoms with Gasteiger partial charge >= 0.3 is 0 Å². The molecule has 0 spiro atoms. The first kappa shape index (κ1) is 24.0. The van der Waals surface area contributed by atoms with Crippen LogP contribution < -0.4 is 9.64 Å². The highest BCUT2D eigenvalue weighted by Gasteiger charge is 2.44. The summed E-state index contributed by atoms with van der Waals surface area (Å²) in [7, 11) is 1.64. The van der Waals surface area contributed by atoms with Crippen LogP contribution in [0.15, 0.2) is 55.1 Å². The third-order valence-electron chi connectivity index (χ3n) is 7.34. The monoisotopic (exact) mass is 503 g/mol. The minimum Gasteiger partial charge on any atom is -0.481 e. The van der Waals surface area contributed by atoms with Crippen LogP contribution in [0.25, 0.3) is 16.6 Å². The van der Waals surface area contributed by atoms with E-state index in [0.29, 0.717) is 23.5 Å². The molecule has 0 saturated carbocycles. The lowest BCUT2D eigenvalue weighted by Crippen LogP contribution is -2.68. The third kappa shape index (κ3) is 4.44. The summed E-state index contributed by atoms with van der Waals surface area (Å²) >= 11 is 0. The highest BCUT2D eigenvalue weighted by molar-refractivity contribution is 5.85. The highest BCUT2D eigenvalue weighted by Crippen LogP contribution is 2.36. The normalized spacial score (nSPS) is 18.6. The van der Waals surface area contributed by atoms with Gasteiger partial charge in [-0.2, -0.15) is 10.4 Å². The molecule has 0 amide bonds. The minimum atomic E-state index is 0.266.